The van der Waals surface area contributed by atoms with Crippen LogP contribution in [0.5, 0.6) is 0 Å². The largest absolute Gasteiger partial charge is 0.478 e. The van der Waals surface area contributed by atoms with Gasteiger partial charge in [0.15, 0.2) is 0 Å². The number of hydrogen-bond acceptors (Lipinski definition) is 6. The van der Waals surface area contributed by atoms with Gasteiger partial charge in [0.05, 0.1) is 17.5 Å². The van der Waals surface area contributed by atoms with Crippen molar-refractivity contribution in [2.45, 2.75) is 29.3 Å². The van der Waals surface area contributed by atoms with E-state index in [2.05, 4.69) is 71.1 Å². The lowest BCUT2D eigenvalue weighted by Gasteiger charge is -2.42. The minimum absolute atomic E-state index is 0.0672. The Kier molecular flexibility index (Phi) is 9.49. The third-order valence-electron chi connectivity index (χ3n) is 5.53. The number of rotatable bonds is 8. The molecule has 2 aromatic carbocycles. The van der Waals surface area contributed by atoms with Gasteiger partial charge in [-0.25, -0.2) is 9.59 Å². The van der Waals surface area contributed by atoms with Gasteiger partial charge in [0.25, 0.3) is 5.91 Å². The van der Waals surface area contributed by atoms with Crippen LogP contribution in [0.4, 0.5) is 11.4 Å². The van der Waals surface area contributed by atoms with E-state index in [1.807, 2.05) is 12.1 Å². The number of hydrogen-bond donors (Lipinski definition) is 3. The molecule has 1 atom stereocenters. The molecule has 2 heterocycles. The summed E-state index contributed by atoms with van der Waals surface area (Å²) in [5, 5.41) is 18.5. The molecule has 0 fully saturated rings. The predicted molar refractivity (Wildman–Crippen MR) is 141 cm³/mol. The van der Waals surface area contributed by atoms with E-state index in [-0.39, 0.29) is 12.1 Å². The molecule has 2 aliphatic heterocycles. The zero-order valence-corrected chi connectivity index (χ0v) is 20.8. The van der Waals surface area contributed by atoms with Crippen molar-refractivity contribution in [1.29, 1.82) is 0 Å². The molecule has 0 saturated heterocycles. The average Bonchev–Trinajstić information content (AvgIpc) is 3.41. The summed E-state index contributed by atoms with van der Waals surface area (Å²) in [6.45, 7) is 8.29. The summed E-state index contributed by atoms with van der Waals surface area (Å²) in [7, 11) is 0. The Labute approximate surface area is 214 Å². The highest BCUT2D eigenvalue weighted by Gasteiger charge is 2.32. The zero-order chi connectivity index (χ0) is 26.1. The summed E-state index contributed by atoms with van der Waals surface area (Å²) in [6, 6.07) is 14.5. The molecule has 8 nitrogen and oxygen atoms in total. The Bertz CT molecular complexity index is 1170. The van der Waals surface area contributed by atoms with Crippen LogP contribution in [-0.4, -0.2) is 58.8 Å². The lowest BCUT2D eigenvalue weighted by atomic mass is 10.1. The first-order valence-corrected chi connectivity index (χ1v) is 12.3. The highest BCUT2D eigenvalue weighted by atomic mass is 32.2. The number of fused-ring (bicyclic) bond motifs is 2. The molecule has 3 N–H and O–H groups in total. The quantitative estimate of drug-likeness (QED) is 0.353. The smallest absolute Gasteiger partial charge is 0.328 e. The number of carbonyl (C=O) groups is 3. The third kappa shape index (κ3) is 6.65. The summed E-state index contributed by atoms with van der Waals surface area (Å²) in [4.78, 5) is 39.0. The van der Waals surface area contributed by atoms with E-state index in [1.54, 1.807) is 17.8 Å². The van der Waals surface area contributed by atoms with Crippen molar-refractivity contribution in [2.75, 3.05) is 24.5 Å². The van der Waals surface area contributed by atoms with Gasteiger partial charge in [0.2, 0.25) is 0 Å². The van der Waals surface area contributed by atoms with E-state index in [0.29, 0.717) is 24.3 Å². The highest BCUT2D eigenvalue weighted by molar-refractivity contribution is 7.99. The number of carboxylic acids is 2. The number of para-hydroxylation sites is 1. The Morgan fingerprint density at radius 1 is 1.03 bits per heavy atom. The summed E-state index contributed by atoms with van der Waals surface area (Å²) < 4.78 is 0. The molecular weight excluding hydrogens is 478 g/mol. The number of anilines is 2. The highest BCUT2D eigenvalue weighted by Crippen LogP contribution is 2.49. The molecule has 36 heavy (non-hydrogen) atoms. The predicted octanol–water partition coefficient (Wildman–Crippen LogP) is 4.52. The minimum Gasteiger partial charge on any atom is -0.478 e. The maximum Gasteiger partial charge on any atom is 0.328 e. The van der Waals surface area contributed by atoms with Gasteiger partial charge in [-0.3, -0.25) is 9.69 Å². The molecule has 188 valence electrons. The molecule has 0 spiro atoms. The van der Waals surface area contributed by atoms with Crippen LogP contribution < -0.4 is 10.2 Å². The maximum atomic E-state index is 12.5. The molecule has 2 aliphatic rings. The minimum atomic E-state index is -1.26. The summed E-state index contributed by atoms with van der Waals surface area (Å²) in [6.07, 6.45) is 8.50. The van der Waals surface area contributed by atoms with E-state index >= 15 is 0 Å². The van der Waals surface area contributed by atoms with Crippen LogP contribution in [0.2, 0.25) is 0 Å². The Morgan fingerprint density at radius 3 is 2.28 bits per heavy atom. The van der Waals surface area contributed by atoms with Gasteiger partial charge < -0.3 is 20.4 Å². The van der Waals surface area contributed by atoms with Gasteiger partial charge in [0.1, 0.15) is 0 Å². The molecule has 1 amide bonds. The van der Waals surface area contributed by atoms with E-state index in [1.165, 1.54) is 15.5 Å². The van der Waals surface area contributed by atoms with Crippen molar-refractivity contribution in [3.05, 3.63) is 85.0 Å². The van der Waals surface area contributed by atoms with Gasteiger partial charge >= 0.3 is 11.9 Å². The van der Waals surface area contributed by atoms with Crippen molar-refractivity contribution in [3.63, 3.8) is 0 Å². The Morgan fingerprint density at radius 2 is 1.67 bits per heavy atom. The van der Waals surface area contributed by atoms with E-state index < -0.39 is 11.9 Å². The average molecular weight is 508 g/mol. The number of carboxylic acid groups (broad SMARTS) is 2. The van der Waals surface area contributed by atoms with Crippen molar-refractivity contribution in [2.24, 2.45) is 0 Å². The molecule has 0 bridgehead atoms. The van der Waals surface area contributed by atoms with Crippen LogP contribution in [0.15, 0.2) is 89.2 Å². The van der Waals surface area contributed by atoms with Crippen LogP contribution in [0.1, 0.15) is 23.7 Å². The number of carbonyl (C=O) groups excluding carboxylic acids is 1. The van der Waals surface area contributed by atoms with Crippen molar-refractivity contribution >= 4 is 41.0 Å². The van der Waals surface area contributed by atoms with Gasteiger partial charge in [-0.1, -0.05) is 49.0 Å². The lowest BCUT2D eigenvalue weighted by molar-refractivity contribution is -0.134. The molecule has 1 unspecified atom stereocenters. The first-order chi connectivity index (χ1) is 17.3. The van der Waals surface area contributed by atoms with Crippen LogP contribution in [-0.2, 0) is 9.59 Å². The lowest BCUT2D eigenvalue weighted by Crippen LogP contribution is -2.46. The number of aliphatic carboxylic acids is 2. The molecule has 0 saturated carbocycles. The van der Waals surface area contributed by atoms with Crippen molar-refractivity contribution in [3.8, 4) is 0 Å². The fraction of sp³-hybridized carbons (Fsp3) is 0.222. The monoisotopic (exact) mass is 507 g/mol. The van der Waals surface area contributed by atoms with Crippen LogP contribution in [0, 0.1) is 0 Å². The van der Waals surface area contributed by atoms with E-state index in [4.69, 9.17) is 10.2 Å². The summed E-state index contributed by atoms with van der Waals surface area (Å²) in [5.74, 6) is -2.58. The fourth-order valence-electron chi connectivity index (χ4n) is 4.00. The first-order valence-electron chi connectivity index (χ1n) is 11.5. The molecule has 4 rings (SSSR count). The summed E-state index contributed by atoms with van der Waals surface area (Å²) in [5.41, 5.74) is 3.00. The summed E-state index contributed by atoms with van der Waals surface area (Å²) >= 11 is 1.77. The van der Waals surface area contributed by atoms with Gasteiger partial charge in [-0.05, 0) is 36.8 Å². The molecule has 0 radical (unpaired) electrons. The number of nitrogens with zero attached hydrogens (tertiary/aromatic N) is 2. The Balaban J connectivity index is 0.000000392. The van der Waals surface area contributed by atoms with Crippen LogP contribution in [0.25, 0.3) is 0 Å². The van der Waals surface area contributed by atoms with Crippen LogP contribution in [0.3, 0.4) is 0 Å². The molecular formula is C27H29N3O5S. The number of nitrogens with one attached hydrogen (secondary N) is 1. The number of amides is 1. The van der Waals surface area contributed by atoms with Crippen molar-refractivity contribution < 1.29 is 24.6 Å². The van der Waals surface area contributed by atoms with E-state index in [0.717, 1.165) is 25.2 Å². The normalized spacial score (nSPS) is 14.9. The molecule has 0 aromatic heterocycles. The van der Waals surface area contributed by atoms with Gasteiger partial charge in [-0.2, -0.15) is 0 Å². The molecule has 2 aromatic rings. The van der Waals surface area contributed by atoms with Crippen LogP contribution >= 0.6 is 11.8 Å². The van der Waals surface area contributed by atoms with E-state index in [9.17, 15) is 14.4 Å². The van der Waals surface area contributed by atoms with Crippen molar-refractivity contribution in [1.82, 2.24) is 10.2 Å². The maximum absolute atomic E-state index is 12.5. The van der Waals surface area contributed by atoms with Gasteiger partial charge in [0, 0.05) is 47.1 Å². The molecule has 0 aliphatic carbocycles. The third-order valence-corrected chi connectivity index (χ3v) is 6.66. The zero-order valence-electron chi connectivity index (χ0n) is 20.0. The standard InChI is InChI=1S/C23H25N3OS.C4H4O4/c1-3-13-24-23(27)17-11-12-21-19(16-17)26(18-9-5-6-10-20(18)28-21)22(4-2)25-14-7-8-15-25;5-3(6)1-2-4(7)8/h3,5-12,16,22H,1,4,13-15H2,2H3,(H,24,27);1-2H,(H,5,6)(H,7,8). The second kappa shape index (κ2) is 12.8. The number of benzene rings is 2. The molecule has 9 heteroatoms. The van der Waals surface area contributed by atoms with Gasteiger partial charge in [-0.15, -0.1) is 6.58 Å². The second-order valence-corrected chi connectivity index (χ2v) is 9.03. The SMILES string of the molecule is C=CCNC(=O)c1ccc2c(c1)N(C(CC)N1CC=CC1)c1ccccc1S2.O=C(O)C=CC(=O)O. The second-order valence-electron chi connectivity index (χ2n) is 7.94. The first kappa shape index (κ1) is 26.8. The topological polar surface area (TPSA) is 110 Å². The fourth-order valence-corrected chi connectivity index (χ4v) is 5.05. The Hall–Kier alpha value is -3.82.